The van der Waals surface area contributed by atoms with Gasteiger partial charge in [0.15, 0.2) is 0 Å². The monoisotopic (exact) mass is 317 g/mol. The van der Waals surface area contributed by atoms with Crippen molar-refractivity contribution in [2.45, 2.75) is 4.90 Å². The largest absolute Gasteiger partial charge is 0.496 e. The van der Waals surface area contributed by atoms with E-state index in [1.165, 1.54) is 26.4 Å². The molecule has 0 saturated heterocycles. The van der Waals surface area contributed by atoms with Crippen LogP contribution in [0.15, 0.2) is 23.1 Å². The summed E-state index contributed by atoms with van der Waals surface area (Å²) in [4.78, 5) is 21.9. The molecule has 0 unspecified atom stereocenters. The summed E-state index contributed by atoms with van der Waals surface area (Å²) in [5.41, 5.74) is 0.0693. The van der Waals surface area contributed by atoms with Crippen LogP contribution in [0.4, 0.5) is 0 Å². The minimum absolute atomic E-state index is 0.0200. The Kier molecular flexibility index (Phi) is 5.28. The fraction of sp³-hybridized carbons (Fsp3) is 0.333. The number of likely N-dealkylation sites (N-methyl/N-ethyl adjacent to an activating group) is 1. The van der Waals surface area contributed by atoms with Crippen LogP contribution in [-0.4, -0.2) is 57.6 Å². The highest BCUT2D eigenvalue weighted by Gasteiger charge is 2.25. The van der Waals surface area contributed by atoms with Crippen molar-refractivity contribution in [3.63, 3.8) is 0 Å². The zero-order chi connectivity index (χ0) is 16.2. The lowest BCUT2D eigenvalue weighted by atomic mass is 10.2. The van der Waals surface area contributed by atoms with Crippen LogP contribution in [0.2, 0.25) is 0 Å². The Morgan fingerprint density at radius 2 is 1.90 bits per heavy atom. The molecule has 0 aliphatic heterocycles. The first-order valence-corrected chi connectivity index (χ1v) is 7.12. The van der Waals surface area contributed by atoms with Crippen molar-refractivity contribution in [1.82, 2.24) is 4.31 Å². The predicted molar refractivity (Wildman–Crippen MR) is 71.8 cm³/mol. The summed E-state index contributed by atoms with van der Waals surface area (Å²) in [6.45, 7) is -0.677. The van der Waals surface area contributed by atoms with E-state index in [1.807, 2.05) is 0 Å². The predicted octanol–water partition coefficient (Wildman–Crippen LogP) is 0.187. The number of hydrogen-bond donors (Lipinski definition) is 1. The molecular weight excluding hydrogens is 302 g/mol. The van der Waals surface area contributed by atoms with Gasteiger partial charge in [-0.05, 0) is 12.1 Å². The highest BCUT2D eigenvalue weighted by Crippen LogP contribution is 2.25. The van der Waals surface area contributed by atoms with Gasteiger partial charge >= 0.3 is 11.9 Å². The Bertz CT molecular complexity index is 654. The first-order chi connectivity index (χ1) is 9.73. The molecule has 1 aromatic carbocycles. The van der Waals surface area contributed by atoms with Gasteiger partial charge in [-0.1, -0.05) is 0 Å². The fourth-order valence-electron chi connectivity index (χ4n) is 1.57. The average molecular weight is 317 g/mol. The molecule has 0 fully saturated rings. The topological polar surface area (TPSA) is 110 Å². The Labute approximate surface area is 121 Å². The third kappa shape index (κ3) is 3.70. The molecule has 116 valence electrons. The first kappa shape index (κ1) is 16.9. The number of carbonyl (C=O) groups is 2. The van der Waals surface area contributed by atoms with E-state index in [0.29, 0.717) is 4.31 Å². The van der Waals surface area contributed by atoms with E-state index in [1.54, 1.807) is 0 Å². The molecule has 0 aliphatic carbocycles. The number of carboxylic acid groups (broad SMARTS) is 1. The molecule has 0 bridgehead atoms. The van der Waals surface area contributed by atoms with Crippen LogP contribution in [0.3, 0.4) is 0 Å². The van der Waals surface area contributed by atoms with Crippen LogP contribution in [0.25, 0.3) is 0 Å². The summed E-state index contributed by atoms with van der Waals surface area (Å²) in [5, 5.41) is 8.65. The van der Waals surface area contributed by atoms with Crippen LogP contribution in [0.1, 0.15) is 10.4 Å². The third-order valence-corrected chi connectivity index (χ3v) is 4.44. The number of sulfonamides is 1. The van der Waals surface area contributed by atoms with E-state index in [2.05, 4.69) is 4.74 Å². The van der Waals surface area contributed by atoms with Gasteiger partial charge in [0, 0.05) is 13.1 Å². The number of hydrogen-bond acceptors (Lipinski definition) is 6. The van der Waals surface area contributed by atoms with Gasteiger partial charge in [0.25, 0.3) is 0 Å². The van der Waals surface area contributed by atoms with Gasteiger partial charge in [0.05, 0.1) is 19.1 Å². The van der Waals surface area contributed by atoms with E-state index in [9.17, 15) is 18.0 Å². The van der Waals surface area contributed by atoms with Crippen molar-refractivity contribution < 1.29 is 32.6 Å². The molecule has 0 saturated carbocycles. The van der Waals surface area contributed by atoms with E-state index in [4.69, 9.17) is 9.84 Å². The van der Waals surface area contributed by atoms with E-state index >= 15 is 0 Å². The molecule has 0 atom stereocenters. The maximum absolute atomic E-state index is 12.2. The number of ether oxygens (including phenoxy) is 2. The average Bonchev–Trinajstić information content (AvgIpc) is 2.44. The molecule has 0 aliphatic rings. The van der Waals surface area contributed by atoms with Crippen LogP contribution < -0.4 is 4.74 Å². The van der Waals surface area contributed by atoms with Gasteiger partial charge < -0.3 is 14.6 Å². The van der Waals surface area contributed by atoms with Crippen molar-refractivity contribution in [2.75, 3.05) is 27.8 Å². The van der Waals surface area contributed by atoms with E-state index in [-0.39, 0.29) is 16.2 Å². The molecule has 21 heavy (non-hydrogen) atoms. The van der Waals surface area contributed by atoms with Crippen LogP contribution in [-0.2, 0) is 19.6 Å². The van der Waals surface area contributed by atoms with Crippen molar-refractivity contribution in [2.24, 2.45) is 0 Å². The lowest BCUT2D eigenvalue weighted by molar-refractivity contribution is -0.137. The zero-order valence-corrected chi connectivity index (χ0v) is 12.5. The van der Waals surface area contributed by atoms with Crippen molar-refractivity contribution in [3.05, 3.63) is 23.8 Å². The highest BCUT2D eigenvalue weighted by atomic mass is 32.2. The lowest BCUT2D eigenvalue weighted by Gasteiger charge is -2.16. The summed E-state index contributed by atoms with van der Waals surface area (Å²) in [6, 6.07) is 3.56. The maximum atomic E-state index is 12.2. The Balaban J connectivity index is 3.26. The van der Waals surface area contributed by atoms with Crippen LogP contribution in [0, 0.1) is 0 Å². The second-order valence-corrected chi connectivity index (χ2v) is 6.05. The van der Waals surface area contributed by atoms with Crippen LogP contribution in [0.5, 0.6) is 5.75 Å². The molecule has 0 spiro atoms. The van der Waals surface area contributed by atoms with Gasteiger partial charge in [0.1, 0.15) is 17.9 Å². The number of carbonyl (C=O) groups excluding carboxylic acids is 1. The summed E-state index contributed by atoms with van der Waals surface area (Å²) < 4.78 is 34.5. The number of methoxy groups -OCH3 is 2. The van der Waals surface area contributed by atoms with Gasteiger partial charge in [-0.25, -0.2) is 13.2 Å². The second kappa shape index (κ2) is 6.55. The quantitative estimate of drug-likeness (QED) is 0.745. The molecule has 1 aromatic rings. The van der Waals surface area contributed by atoms with Crippen molar-refractivity contribution >= 4 is 22.0 Å². The molecule has 0 aromatic heterocycles. The molecule has 0 amide bonds. The number of carboxylic acids is 1. The minimum atomic E-state index is -4.00. The lowest BCUT2D eigenvalue weighted by Crippen LogP contribution is -2.32. The Hall–Kier alpha value is -2.13. The molecule has 0 radical (unpaired) electrons. The summed E-state index contributed by atoms with van der Waals surface area (Å²) >= 11 is 0. The molecule has 9 heteroatoms. The number of aliphatic carboxylic acids is 1. The van der Waals surface area contributed by atoms with Crippen molar-refractivity contribution in [1.29, 1.82) is 0 Å². The summed E-state index contributed by atoms with van der Waals surface area (Å²) in [6.07, 6.45) is 0. The minimum Gasteiger partial charge on any atom is -0.496 e. The fourth-order valence-corrected chi connectivity index (χ4v) is 2.70. The van der Waals surface area contributed by atoms with Gasteiger partial charge in [0.2, 0.25) is 10.0 Å². The van der Waals surface area contributed by atoms with Crippen molar-refractivity contribution in [3.8, 4) is 5.75 Å². The smallest absolute Gasteiger partial charge is 0.341 e. The molecular formula is C12H15NO7S. The number of rotatable bonds is 6. The van der Waals surface area contributed by atoms with Gasteiger partial charge in [-0.2, -0.15) is 4.31 Å². The molecule has 8 nitrogen and oxygen atoms in total. The number of esters is 1. The Morgan fingerprint density at radius 1 is 1.29 bits per heavy atom. The number of nitrogens with zero attached hydrogens (tertiary/aromatic N) is 1. The highest BCUT2D eigenvalue weighted by molar-refractivity contribution is 7.89. The summed E-state index contributed by atoms with van der Waals surface area (Å²) in [5.74, 6) is -1.93. The molecule has 1 N–H and O–H groups in total. The molecule has 1 rings (SSSR count). The Morgan fingerprint density at radius 3 is 2.38 bits per heavy atom. The number of benzene rings is 1. The van der Waals surface area contributed by atoms with Gasteiger partial charge in [-0.15, -0.1) is 0 Å². The second-order valence-electron chi connectivity index (χ2n) is 4.01. The molecule has 0 heterocycles. The standard InChI is InChI=1S/C12H15NO7S/c1-13(7-11(14)15)21(17,18)8-4-5-9(12(16)20-3)10(6-8)19-2/h4-6H,7H2,1-3H3,(H,14,15). The first-order valence-electron chi connectivity index (χ1n) is 5.68. The summed E-state index contributed by atoms with van der Waals surface area (Å²) in [7, 11) is -0.388. The maximum Gasteiger partial charge on any atom is 0.341 e. The van der Waals surface area contributed by atoms with E-state index in [0.717, 1.165) is 13.1 Å². The SMILES string of the molecule is COC(=O)c1ccc(S(=O)(=O)N(C)CC(=O)O)cc1OC. The normalized spacial score (nSPS) is 11.2. The third-order valence-electron chi connectivity index (χ3n) is 2.64. The van der Waals surface area contributed by atoms with Gasteiger partial charge in [-0.3, -0.25) is 4.79 Å². The van der Waals surface area contributed by atoms with E-state index < -0.39 is 28.5 Å². The van der Waals surface area contributed by atoms with Crippen LogP contribution >= 0.6 is 0 Å². The zero-order valence-electron chi connectivity index (χ0n) is 11.7.